The van der Waals surface area contributed by atoms with Crippen molar-refractivity contribution in [1.82, 2.24) is 0 Å². The fraction of sp³-hybridized carbons (Fsp3) is 0. The quantitative estimate of drug-likeness (QED) is 0.387. The van der Waals surface area contributed by atoms with Crippen LogP contribution in [0.1, 0.15) is 11.1 Å². The Morgan fingerprint density at radius 1 is 0.708 bits per heavy atom. The zero-order valence-electron chi connectivity index (χ0n) is 12.8. The Morgan fingerprint density at radius 2 is 1.12 bits per heavy atom. The second kappa shape index (κ2) is 7.24. The molecule has 4 heteroatoms. The van der Waals surface area contributed by atoms with Gasteiger partial charge in [0, 0.05) is 0 Å². The van der Waals surface area contributed by atoms with E-state index in [2.05, 4.69) is 0 Å². The fourth-order valence-electron chi connectivity index (χ4n) is 2.40. The molecule has 3 rings (SSSR count). The van der Waals surface area contributed by atoms with Crippen LogP contribution in [-0.2, 0) is 0 Å². The van der Waals surface area contributed by atoms with Gasteiger partial charge in [0.1, 0.15) is 16.2 Å². The summed E-state index contributed by atoms with van der Waals surface area (Å²) in [4.78, 5) is 11.2. The highest BCUT2D eigenvalue weighted by molar-refractivity contribution is 5.80. The third kappa shape index (κ3) is 3.50. The minimum absolute atomic E-state index is 0.293. The number of ether oxygens (including phenoxy) is 1. The average molecular weight is 317 g/mol. The van der Waals surface area contributed by atoms with Crippen molar-refractivity contribution in [3.63, 3.8) is 0 Å². The SMILES string of the molecule is O=[N+]([O-])C(Oc1ccccc1)=C(c1ccccc1)c1ccccc1. The smallest absolute Gasteiger partial charge is 0.401 e. The third-order valence-electron chi connectivity index (χ3n) is 3.46. The molecule has 0 N–H and O–H groups in total. The van der Waals surface area contributed by atoms with E-state index in [0.29, 0.717) is 11.3 Å². The van der Waals surface area contributed by atoms with E-state index in [9.17, 15) is 10.1 Å². The summed E-state index contributed by atoms with van der Waals surface area (Å²) in [6.45, 7) is 0. The number of benzene rings is 3. The molecule has 0 bridgehead atoms. The summed E-state index contributed by atoms with van der Waals surface area (Å²) in [7, 11) is 0. The second-order valence-corrected chi connectivity index (χ2v) is 5.08. The molecule has 0 radical (unpaired) electrons. The number of hydrogen-bond acceptors (Lipinski definition) is 3. The molecule has 0 fully saturated rings. The van der Waals surface area contributed by atoms with E-state index in [0.717, 1.165) is 11.1 Å². The van der Waals surface area contributed by atoms with Gasteiger partial charge < -0.3 is 4.74 Å². The van der Waals surface area contributed by atoms with Crippen LogP contribution < -0.4 is 4.74 Å². The number of para-hydroxylation sites is 1. The van der Waals surface area contributed by atoms with Gasteiger partial charge in [-0.25, -0.2) is 0 Å². The van der Waals surface area contributed by atoms with Gasteiger partial charge in [-0.1, -0.05) is 78.9 Å². The summed E-state index contributed by atoms with van der Waals surface area (Å²) in [6.07, 6.45) is 0. The summed E-state index contributed by atoms with van der Waals surface area (Å²) in [6, 6.07) is 27.2. The minimum atomic E-state index is -0.484. The van der Waals surface area contributed by atoms with Crippen LogP contribution in [0.3, 0.4) is 0 Å². The Bertz CT molecular complexity index is 802. The maximum atomic E-state index is 11.7. The number of rotatable bonds is 5. The third-order valence-corrected chi connectivity index (χ3v) is 3.46. The van der Waals surface area contributed by atoms with Gasteiger partial charge in [-0.2, -0.15) is 0 Å². The maximum Gasteiger partial charge on any atom is 0.441 e. The molecule has 3 aromatic rings. The largest absolute Gasteiger partial charge is 0.441 e. The zero-order valence-corrected chi connectivity index (χ0v) is 12.8. The molecular weight excluding hydrogens is 302 g/mol. The minimum Gasteiger partial charge on any atom is -0.401 e. The molecule has 0 aliphatic rings. The molecule has 0 heterocycles. The van der Waals surface area contributed by atoms with Crippen molar-refractivity contribution in [2.75, 3.05) is 0 Å². The zero-order chi connectivity index (χ0) is 16.8. The molecule has 0 atom stereocenters. The predicted molar refractivity (Wildman–Crippen MR) is 93.0 cm³/mol. The number of nitro groups is 1. The standard InChI is InChI=1S/C20H15NO3/c22-21(23)20(24-18-14-8-3-9-15-18)19(16-10-4-1-5-11-16)17-12-6-2-7-13-17/h1-15H. The highest BCUT2D eigenvalue weighted by Crippen LogP contribution is 2.28. The Labute approximate surface area is 139 Å². The highest BCUT2D eigenvalue weighted by Gasteiger charge is 2.24. The summed E-state index contributed by atoms with van der Waals surface area (Å²) in [5.41, 5.74) is 1.91. The topological polar surface area (TPSA) is 52.4 Å². The van der Waals surface area contributed by atoms with Crippen molar-refractivity contribution >= 4 is 5.57 Å². The molecule has 0 saturated heterocycles. The van der Waals surface area contributed by atoms with Crippen molar-refractivity contribution in [3.05, 3.63) is 118 Å². The summed E-state index contributed by atoms with van der Waals surface area (Å²) in [5.74, 6) is 0.132. The lowest BCUT2D eigenvalue weighted by Gasteiger charge is -2.10. The van der Waals surface area contributed by atoms with E-state index in [1.54, 1.807) is 24.3 Å². The average Bonchev–Trinajstić information content (AvgIpc) is 2.64. The Morgan fingerprint density at radius 3 is 1.54 bits per heavy atom. The maximum absolute atomic E-state index is 11.7. The van der Waals surface area contributed by atoms with Crippen molar-refractivity contribution in [1.29, 1.82) is 0 Å². The van der Waals surface area contributed by atoms with Crippen LogP contribution in [0.4, 0.5) is 0 Å². The van der Waals surface area contributed by atoms with Crippen molar-refractivity contribution in [2.45, 2.75) is 0 Å². The lowest BCUT2D eigenvalue weighted by molar-refractivity contribution is -0.452. The van der Waals surface area contributed by atoms with E-state index in [-0.39, 0.29) is 5.88 Å². The lowest BCUT2D eigenvalue weighted by atomic mass is 9.98. The molecular formula is C20H15NO3. The van der Waals surface area contributed by atoms with Crippen LogP contribution in [0.5, 0.6) is 5.75 Å². The normalized spacial score (nSPS) is 10.0. The van der Waals surface area contributed by atoms with Crippen LogP contribution in [0, 0.1) is 10.1 Å². The number of nitrogens with zero attached hydrogens (tertiary/aromatic N) is 1. The van der Waals surface area contributed by atoms with Gasteiger partial charge in [0.25, 0.3) is 0 Å². The molecule has 0 aromatic heterocycles. The first-order chi connectivity index (χ1) is 11.8. The Kier molecular flexibility index (Phi) is 4.68. The monoisotopic (exact) mass is 317 g/mol. The first kappa shape index (κ1) is 15.5. The molecule has 0 aliphatic carbocycles. The second-order valence-electron chi connectivity index (χ2n) is 5.08. The van der Waals surface area contributed by atoms with Crippen LogP contribution in [-0.4, -0.2) is 4.92 Å². The van der Waals surface area contributed by atoms with E-state index >= 15 is 0 Å². The summed E-state index contributed by atoms with van der Waals surface area (Å²) in [5, 5.41) is 11.7. The van der Waals surface area contributed by atoms with Gasteiger partial charge >= 0.3 is 5.88 Å². The Balaban J connectivity index is 2.19. The molecule has 0 spiro atoms. The molecule has 0 aliphatic heterocycles. The van der Waals surface area contributed by atoms with Crippen LogP contribution in [0.25, 0.3) is 5.57 Å². The summed E-state index contributed by atoms with van der Waals surface area (Å²) >= 11 is 0. The molecule has 0 unspecified atom stereocenters. The van der Waals surface area contributed by atoms with Gasteiger partial charge in [0.05, 0.1) is 0 Å². The van der Waals surface area contributed by atoms with E-state index in [4.69, 9.17) is 4.74 Å². The fourth-order valence-corrected chi connectivity index (χ4v) is 2.40. The molecule has 0 saturated carbocycles. The van der Waals surface area contributed by atoms with Gasteiger partial charge in [-0.05, 0) is 23.3 Å². The predicted octanol–water partition coefficient (Wildman–Crippen LogP) is 4.76. The molecule has 24 heavy (non-hydrogen) atoms. The molecule has 118 valence electrons. The van der Waals surface area contributed by atoms with Gasteiger partial charge in [-0.3, -0.25) is 10.1 Å². The molecule has 0 amide bonds. The first-order valence-electron chi connectivity index (χ1n) is 7.48. The molecule has 3 aromatic carbocycles. The van der Waals surface area contributed by atoms with Crippen molar-refractivity contribution in [3.8, 4) is 5.75 Å². The Hall–Kier alpha value is -3.40. The van der Waals surface area contributed by atoms with Crippen molar-refractivity contribution in [2.24, 2.45) is 0 Å². The van der Waals surface area contributed by atoms with E-state index < -0.39 is 4.92 Å². The highest BCUT2D eigenvalue weighted by atomic mass is 16.7. The van der Waals surface area contributed by atoms with Crippen molar-refractivity contribution < 1.29 is 9.66 Å². The van der Waals surface area contributed by atoms with Crippen LogP contribution in [0.15, 0.2) is 96.9 Å². The number of hydrogen-bond donors (Lipinski definition) is 0. The molecule has 4 nitrogen and oxygen atoms in total. The van der Waals surface area contributed by atoms with Gasteiger partial charge in [0.15, 0.2) is 0 Å². The van der Waals surface area contributed by atoms with E-state index in [1.807, 2.05) is 66.7 Å². The van der Waals surface area contributed by atoms with Gasteiger partial charge in [0.2, 0.25) is 0 Å². The van der Waals surface area contributed by atoms with E-state index in [1.165, 1.54) is 0 Å². The van der Waals surface area contributed by atoms with Crippen LogP contribution in [0.2, 0.25) is 0 Å². The van der Waals surface area contributed by atoms with Crippen LogP contribution >= 0.6 is 0 Å². The lowest BCUT2D eigenvalue weighted by Crippen LogP contribution is -2.11. The van der Waals surface area contributed by atoms with Gasteiger partial charge in [-0.15, -0.1) is 0 Å². The first-order valence-corrected chi connectivity index (χ1v) is 7.48. The summed E-state index contributed by atoms with van der Waals surface area (Å²) < 4.78 is 5.63.